The molecular weight excluding hydrogens is 507 g/mol. The second-order valence-electron chi connectivity index (χ2n) is 7.00. The van der Waals surface area contributed by atoms with Gasteiger partial charge in [0.25, 0.3) is 5.69 Å². The molecule has 3 aromatic rings. The number of hydrogen-bond donors (Lipinski definition) is 0. The van der Waals surface area contributed by atoms with Crippen molar-refractivity contribution in [3.8, 4) is 11.5 Å². The summed E-state index contributed by atoms with van der Waals surface area (Å²) in [5.41, 5.74) is 5.14. The summed E-state index contributed by atoms with van der Waals surface area (Å²) in [5, 5.41) is 10.8. The number of nitro benzene ring substituents is 1. The lowest BCUT2D eigenvalue weighted by molar-refractivity contribution is -0.384. The molecule has 7 heteroatoms. The van der Waals surface area contributed by atoms with E-state index in [1.54, 1.807) is 12.1 Å². The van der Waals surface area contributed by atoms with Crippen LogP contribution in [0.1, 0.15) is 29.2 Å². The number of aliphatic imine (C=N–C) groups is 1. The molecule has 6 nitrogen and oxygen atoms in total. The first-order valence-corrected chi connectivity index (χ1v) is 10.9. The third-order valence-electron chi connectivity index (χ3n) is 4.72. The van der Waals surface area contributed by atoms with Crippen LogP contribution in [0.2, 0.25) is 0 Å². The largest absolute Gasteiger partial charge is 0.490 e. The zero-order chi connectivity index (χ0) is 22.4. The van der Waals surface area contributed by atoms with Gasteiger partial charge in [0.1, 0.15) is 6.61 Å². The highest BCUT2D eigenvalue weighted by molar-refractivity contribution is 14.1. The maximum Gasteiger partial charge on any atom is 0.269 e. The zero-order valence-electron chi connectivity index (χ0n) is 17.6. The van der Waals surface area contributed by atoms with Crippen LogP contribution in [0.25, 0.3) is 0 Å². The molecule has 0 radical (unpaired) electrons. The molecule has 0 bridgehead atoms. The fourth-order valence-electron chi connectivity index (χ4n) is 2.89. The molecule has 160 valence electrons. The number of nitro groups is 1. The van der Waals surface area contributed by atoms with Crippen LogP contribution >= 0.6 is 22.6 Å². The molecule has 0 spiro atoms. The Morgan fingerprint density at radius 1 is 1.03 bits per heavy atom. The topological polar surface area (TPSA) is 74.0 Å². The summed E-state index contributed by atoms with van der Waals surface area (Å²) in [5.74, 6) is 1.28. The number of aryl methyl sites for hydroxylation is 2. The van der Waals surface area contributed by atoms with Crippen molar-refractivity contribution >= 4 is 40.2 Å². The fourth-order valence-corrected chi connectivity index (χ4v) is 3.67. The summed E-state index contributed by atoms with van der Waals surface area (Å²) >= 11 is 2.22. The number of non-ortho nitro benzene ring substituents is 1. The molecule has 31 heavy (non-hydrogen) atoms. The van der Waals surface area contributed by atoms with E-state index in [0.717, 1.165) is 20.4 Å². The molecular formula is C24H23IN2O4. The molecule has 0 amide bonds. The number of ether oxygens (including phenoxy) is 2. The van der Waals surface area contributed by atoms with Gasteiger partial charge in [0.05, 0.1) is 20.8 Å². The Bertz CT molecular complexity index is 1110. The van der Waals surface area contributed by atoms with Crippen LogP contribution in [0.15, 0.2) is 59.6 Å². The van der Waals surface area contributed by atoms with Crippen molar-refractivity contribution in [2.45, 2.75) is 27.4 Å². The van der Waals surface area contributed by atoms with Gasteiger partial charge in [0.15, 0.2) is 11.5 Å². The predicted molar refractivity (Wildman–Crippen MR) is 131 cm³/mol. The first kappa shape index (κ1) is 22.7. The van der Waals surface area contributed by atoms with Crippen molar-refractivity contribution in [2.75, 3.05) is 6.61 Å². The molecule has 0 fully saturated rings. The highest BCUT2D eigenvalue weighted by Gasteiger charge is 2.13. The lowest BCUT2D eigenvalue weighted by atomic mass is 10.1. The summed E-state index contributed by atoms with van der Waals surface area (Å²) in [7, 11) is 0. The molecule has 0 N–H and O–H groups in total. The van der Waals surface area contributed by atoms with Gasteiger partial charge in [-0.05, 0) is 102 Å². The molecule has 0 aliphatic carbocycles. The van der Waals surface area contributed by atoms with E-state index in [4.69, 9.17) is 9.47 Å². The lowest BCUT2D eigenvalue weighted by Crippen LogP contribution is -2.02. The second-order valence-corrected chi connectivity index (χ2v) is 8.16. The van der Waals surface area contributed by atoms with Crippen LogP contribution in [0.5, 0.6) is 11.5 Å². The van der Waals surface area contributed by atoms with Crippen molar-refractivity contribution in [1.82, 2.24) is 0 Å². The monoisotopic (exact) mass is 530 g/mol. The van der Waals surface area contributed by atoms with Gasteiger partial charge in [-0.3, -0.25) is 15.1 Å². The Morgan fingerprint density at radius 2 is 1.77 bits per heavy atom. The van der Waals surface area contributed by atoms with E-state index >= 15 is 0 Å². The molecule has 0 unspecified atom stereocenters. The Labute approximate surface area is 195 Å². The van der Waals surface area contributed by atoms with Crippen molar-refractivity contribution in [1.29, 1.82) is 0 Å². The van der Waals surface area contributed by atoms with Crippen LogP contribution < -0.4 is 9.47 Å². The molecule has 0 saturated carbocycles. The minimum atomic E-state index is -0.418. The summed E-state index contributed by atoms with van der Waals surface area (Å²) in [4.78, 5) is 15.0. The highest BCUT2D eigenvalue weighted by Crippen LogP contribution is 2.35. The zero-order valence-corrected chi connectivity index (χ0v) is 19.8. The van der Waals surface area contributed by atoms with E-state index < -0.39 is 4.92 Å². The number of rotatable bonds is 8. The summed E-state index contributed by atoms with van der Waals surface area (Å²) in [6.45, 7) is 6.85. The van der Waals surface area contributed by atoms with Crippen molar-refractivity contribution in [3.05, 3.63) is 90.5 Å². The molecule has 0 aliphatic heterocycles. The minimum absolute atomic E-state index is 0.0562. The third kappa shape index (κ3) is 6.04. The van der Waals surface area contributed by atoms with E-state index in [2.05, 4.69) is 53.6 Å². The van der Waals surface area contributed by atoms with Crippen LogP contribution in [0.4, 0.5) is 11.4 Å². The van der Waals surface area contributed by atoms with E-state index in [1.807, 2.05) is 31.3 Å². The van der Waals surface area contributed by atoms with Gasteiger partial charge >= 0.3 is 0 Å². The Morgan fingerprint density at radius 3 is 2.42 bits per heavy atom. The van der Waals surface area contributed by atoms with Crippen molar-refractivity contribution in [2.24, 2.45) is 4.99 Å². The summed E-state index contributed by atoms with van der Waals surface area (Å²) in [6, 6.07) is 16.3. The molecule has 0 atom stereocenters. The van der Waals surface area contributed by atoms with Gasteiger partial charge in [-0.1, -0.05) is 6.07 Å². The predicted octanol–water partition coefficient (Wildman–Crippen LogP) is 6.54. The number of hydrogen-bond acceptors (Lipinski definition) is 5. The van der Waals surface area contributed by atoms with E-state index in [-0.39, 0.29) is 12.3 Å². The maximum atomic E-state index is 10.8. The Balaban J connectivity index is 1.80. The molecule has 0 saturated heterocycles. The first-order chi connectivity index (χ1) is 14.9. The molecule has 0 aliphatic rings. The van der Waals surface area contributed by atoms with Gasteiger partial charge in [-0.2, -0.15) is 0 Å². The number of halogens is 1. The van der Waals surface area contributed by atoms with E-state index in [9.17, 15) is 10.1 Å². The van der Waals surface area contributed by atoms with Gasteiger partial charge in [-0.15, -0.1) is 0 Å². The second kappa shape index (κ2) is 10.4. The number of nitrogens with zero attached hydrogens (tertiary/aromatic N) is 2. The number of benzene rings is 3. The van der Waals surface area contributed by atoms with Gasteiger partial charge in [0.2, 0.25) is 0 Å². The minimum Gasteiger partial charge on any atom is -0.490 e. The smallest absolute Gasteiger partial charge is 0.269 e. The third-order valence-corrected chi connectivity index (χ3v) is 5.52. The molecule has 0 aromatic heterocycles. The molecule has 0 heterocycles. The first-order valence-electron chi connectivity index (χ1n) is 9.81. The van der Waals surface area contributed by atoms with E-state index in [0.29, 0.717) is 18.1 Å². The summed E-state index contributed by atoms with van der Waals surface area (Å²) < 4.78 is 12.7. The van der Waals surface area contributed by atoms with E-state index in [1.165, 1.54) is 23.3 Å². The van der Waals surface area contributed by atoms with Crippen molar-refractivity contribution in [3.63, 3.8) is 0 Å². The Kier molecular flexibility index (Phi) is 7.62. The van der Waals surface area contributed by atoms with Gasteiger partial charge in [-0.25, -0.2) is 0 Å². The van der Waals surface area contributed by atoms with Crippen LogP contribution in [-0.2, 0) is 6.61 Å². The normalized spacial score (nSPS) is 11.0. The average molecular weight is 530 g/mol. The quantitative estimate of drug-likeness (QED) is 0.143. The van der Waals surface area contributed by atoms with Gasteiger partial charge in [0, 0.05) is 18.3 Å². The van der Waals surface area contributed by atoms with Crippen LogP contribution in [-0.4, -0.2) is 17.7 Å². The van der Waals surface area contributed by atoms with Crippen LogP contribution in [0, 0.1) is 27.5 Å². The summed E-state index contributed by atoms with van der Waals surface area (Å²) in [6.07, 6.45) is 1.81. The Hall–Kier alpha value is -2.94. The van der Waals surface area contributed by atoms with Gasteiger partial charge < -0.3 is 9.47 Å². The lowest BCUT2D eigenvalue weighted by Gasteiger charge is -2.14. The van der Waals surface area contributed by atoms with Crippen molar-refractivity contribution < 1.29 is 14.4 Å². The molecule has 3 rings (SSSR count). The standard InChI is InChI=1S/C24H23IN2O4/c1-4-30-23-13-19(14-26-20-8-5-16(2)17(3)11-20)12-22(25)24(23)31-15-18-6-9-21(10-7-18)27(28)29/h5-14H,4,15H2,1-3H3. The highest BCUT2D eigenvalue weighted by atomic mass is 127. The van der Waals surface area contributed by atoms with Crippen LogP contribution in [0.3, 0.4) is 0 Å². The molecule has 3 aromatic carbocycles. The average Bonchev–Trinajstić information content (AvgIpc) is 2.74. The SMILES string of the molecule is CCOc1cc(C=Nc2ccc(C)c(C)c2)cc(I)c1OCc1ccc([N+](=O)[O-])cc1. The maximum absolute atomic E-state index is 10.8. The fraction of sp³-hybridized carbons (Fsp3) is 0.208.